The number of nitrogens with one attached hydrogen (secondary N) is 1. The summed E-state index contributed by atoms with van der Waals surface area (Å²) in [6.07, 6.45) is 0.778. The van der Waals surface area contributed by atoms with Gasteiger partial charge in [0.2, 0.25) is 5.91 Å². The maximum absolute atomic E-state index is 13.6. The van der Waals surface area contributed by atoms with Crippen molar-refractivity contribution in [2.75, 3.05) is 5.32 Å². The zero-order valence-electron chi connectivity index (χ0n) is 11.3. The number of nitrogens with two attached hydrogens (primary N) is 1. The van der Waals surface area contributed by atoms with Gasteiger partial charge in [0, 0.05) is 11.3 Å². The molecule has 3 N–H and O–H groups in total. The van der Waals surface area contributed by atoms with Gasteiger partial charge in [-0.1, -0.05) is 20.3 Å². The van der Waals surface area contributed by atoms with Gasteiger partial charge in [-0.2, -0.15) is 5.26 Å². The third-order valence-electron chi connectivity index (χ3n) is 3.29. The molecule has 0 aliphatic heterocycles. The zero-order valence-corrected chi connectivity index (χ0v) is 11.3. The van der Waals surface area contributed by atoms with Crippen molar-refractivity contribution in [2.24, 2.45) is 11.7 Å². The van der Waals surface area contributed by atoms with E-state index in [0.717, 1.165) is 12.5 Å². The van der Waals surface area contributed by atoms with E-state index in [9.17, 15) is 9.18 Å². The smallest absolute Gasteiger partial charge is 0.241 e. The number of benzene rings is 1. The highest BCUT2D eigenvalue weighted by molar-refractivity contribution is 5.95. The normalized spacial score (nSPS) is 13.5. The summed E-state index contributed by atoms with van der Waals surface area (Å²) in [5.41, 5.74) is 6.56. The Bertz CT molecular complexity index is 522. The standard InChI is InChI=1S/C14H18FN3O/c1-4-8(2)13(17)14(19)18-12-6-10(7-16)5-11(15)9(12)3/h5-6,8,13H,4,17H2,1-3H3,(H,18,19)/t8-,13-/m0/s1. The molecule has 4 nitrogen and oxygen atoms in total. The molecule has 0 fully saturated rings. The fourth-order valence-corrected chi connectivity index (χ4v) is 1.60. The number of hydrogen-bond acceptors (Lipinski definition) is 3. The van der Waals surface area contributed by atoms with Gasteiger partial charge in [0.25, 0.3) is 0 Å². The number of carbonyl (C=O) groups is 1. The highest BCUT2D eigenvalue weighted by atomic mass is 19.1. The van der Waals surface area contributed by atoms with Gasteiger partial charge < -0.3 is 11.1 Å². The van der Waals surface area contributed by atoms with Crippen molar-refractivity contribution >= 4 is 11.6 Å². The molecular weight excluding hydrogens is 245 g/mol. The molecule has 0 aliphatic carbocycles. The molecule has 0 aromatic heterocycles. The number of halogens is 1. The number of rotatable bonds is 4. The van der Waals surface area contributed by atoms with Crippen LogP contribution in [-0.2, 0) is 4.79 Å². The van der Waals surface area contributed by atoms with Crippen LogP contribution in [0.3, 0.4) is 0 Å². The van der Waals surface area contributed by atoms with Gasteiger partial charge in [-0.25, -0.2) is 4.39 Å². The van der Waals surface area contributed by atoms with Crippen LogP contribution in [0.5, 0.6) is 0 Å². The van der Waals surface area contributed by atoms with E-state index in [1.165, 1.54) is 6.07 Å². The highest BCUT2D eigenvalue weighted by Gasteiger charge is 2.20. The fourth-order valence-electron chi connectivity index (χ4n) is 1.60. The molecule has 0 spiro atoms. The molecule has 1 aromatic carbocycles. The van der Waals surface area contributed by atoms with Crippen molar-refractivity contribution in [2.45, 2.75) is 33.2 Å². The van der Waals surface area contributed by atoms with Crippen LogP contribution in [0, 0.1) is 30.0 Å². The Morgan fingerprint density at radius 1 is 1.58 bits per heavy atom. The van der Waals surface area contributed by atoms with E-state index in [-0.39, 0.29) is 17.4 Å². The molecule has 2 atom stereocenters. The van der Waals surface area contributed by atoms with Crippen LogP contribution in [0.15, 0.2) is 12.1 Å². The largest absolute Gasteiger partial charge is 0.324 e. The second kappa shape index (κ2) is 6.30. The first-order valence-electron chi connectivity index (χ1n) is 6.17. The third kappa shape index (κ3) is 3.52. The predicted octanol–water partition coefficient (Wildman–Crippen LogP) is 2.32. The number of hydrogen-bond donors (Lipinski definition) is 2. The van der Waals surface area contributed by atoms with E-state index in [0.29, 0.717) is 11.3 Å². The predicted molar refractivity (Wildman–Crippen MR) is 71.9 cm³/mol. The van der Waals surface area contributed by atoms with Gasteiger partial charge in [0.15, 0.2) is 0 Å². The van der Waals surface area contributed by atoms with Crippen molar-refractivity contribution in [1.29, 1.82) is 5.26 Å². The summed E-state index contributed by atoms with van der Waals surface area (Å²) in [6.45, 7) is 5.36. The minimum Gasteiger partial charge on any atom is -0.324 e. The molecular formula is C14H18FN3O. The Morgan fingerprint density at radius 3 is 2.74 bits per heavy atom. The van der Waals surface area contributed by atoms with Crippen LogP contribution < -0.4 is 11.1 Å². The van der Waals surface area contributed by atoms with E-state index in [2.05, 4.69) is 5.32 Å². The molecule has 1 amide bonds. The van der Waals surface area contributed by atoms with Gasteiger partial charge >= 0.3 is 0 Å². The monoisotopic (exact) mass is 263 g/mol. The average molecular weight is 263 g/mol. The number of nitrogens with zero attached hydrogens (tertiary/aromatic N) is 1. The molecule has 0 unspecified atom stereocenters. The summed E-state index contributed by atoms with van der Waals surface area (Å²) < 4.78 is 13.6. The Hall–Kier alpha value is -1.93. The summed E-state index contributed by atoms with van der Waals surface area (Å²) >= 11 is 0. The van der Waals surface area contributed by atoms with Crippen molar-refractivity contribution in [1.82, 2.24) is 0 Å². The van der Waals surface area contributed by atoms with Gasteiger partial charge in [-0.3, -0.25) is 4.79 Å². The average Bonchev–Trinajstić information content (AvgIpc) is 2.41. The molecule has 0 bridgehead atoms. The molecule has 0 radical (unpaired) electrons. The molecule has 19 heavy (non-hydrogen) atoms. The van der Waals surface area contributed by atoms with Crippen molar-refractivity contribution in [3.05, 3.63) is 29.1 Å². The fraction of sp³-hybridized carbons (Fsp3) is 0.429. The Kier molecular flexibility index (Phi) is 5.02. The molecule has 102 valence electrons. The lowest BCUT2D eigenvalue weighted by Gasteiger charge is -2.18. The second-order valence-corrected chi connectivity index (χ2v) is 4.64. The Morgan fingerprint density at radius 2 is 2.21 bits per heavy atom. The van der Waals surface area contributed by atoms with Crippen LogP contribution in [-0.4, -0.2) is 11.9 Å². The topological polar surface area (TPSA) is 78.9 Å². The van der Waals surface area contributed by atoms with E-state index < -0.39 is 11.9 Å². The lowest BCUT2D eigenvalue weighted by Crippen LogP contribution is -2.40. The van der Waals surface area contributed by atoms with Crippen LogP contribution in [0.4, 0.5) is 10.1 Å². The minimum atomic E-state index is -0.654. The molecule has 0 heterocycles. The molecule has 5 heteroatoms. The van der Waals surface area contributed by atoms with Crippen LogP contribution in [0.2, 0.25) is 0 Å². The SMILES string of the molecule is CC[C@H](C)[C@H](N)C(=O)Nc1cc(C#N)cc(F)c1C. The second-order valence-electron chi connectivity index (χ2n) is 4.64. The van der Waals surface area contributed by atoms with Gasteiger partial charge in [-0.15, -0.1) is 0 Å². The lowest BCUT2D eigenvalue weighted by molar-refractivity contribution is -0.118. The highest BCUT2D eigenvalue weighted by Crippen LogP contribution is 2.21. The van der Waals surface area contributed by atoms with Gasteiger partial charge in [0.1, 0.15) is 5.82 Å². The maximum atomic E-state index is 13.6. The molecule has 1 aromatic rings. The number of nitriles is 1. The van der Waals surface area contributed by atoms with Crippen molar-refractivity contribution in [3.63, 3.8) is 0 Å². The number of amides is 1. The molecule has 0 saturated heterocycles. The Labute approximate surface area is 112 Å². The van der Waals surface area contributed by atoms with E-state index in [4.69, 9.17) is 11.0 Å². The first-order valence-corrected chi connectivity index (χ1v) is 6.17. The van der Waals surface area contributed by atoms with Crippen LogP contribution in [0.25, 0.3) is 0 Å². The van der Waals surface area contributed by atoms with E-state index in [1.54, 1.807) is 6.92 Å². The summed E-state index contributed by atoms with van der Waals surface area (Å²) in [4.78, 5) is 11.9. The summed E-state index contributed by atoms with van der Waals surface area (Å²) in [6, 6.07) is 3.78. The lowest BCUT2D eigenvalue weighted by atomic mass is 9.99. The minimum absolute atomic E-state index is 0.0318. The molecule has 0 saturated carbocycles. The van der Waals surface area contributed by atoms with Crippen LogP contribution in [0.1, 0.15) is 31.4 Å². The summed E-state index contributed by atoms with van der Waals surface area (Å²) in [5.74, 6) is -0.859. The first-order chi connectivity index (χ1) is 8.90. The van der Waals surface area contributed by atoms with E-state index >= 15 is 0 Å². The molecule has 0 aliphatic rings. The maximum Gasteiger partial charge on any atom is 0.241 e. The number of carbonyl (C=O) groups excluding carboxylic acids is 1. The van der Waals surface area contributed by atoms with Gasteiger partial charge in [0.05, 0.1) is 17.7 Å². The van der Waals surface area contributed by atoms with E-state index in [1.807, 2.05) is 19.9 Å². The van der Waals surface area contributed by atoms with Crippen LogP contribution >= 0.6 is 0 Å². The summed E-state index contributed by atoms with van der Waals surface area (Å²) in [5, 5.41) is 11.4. The van der Waals surface area contributed by atoms with Crippen molar-refractivity contribution in [3.8, 4) is 6.07 Å². The zero-order chi connectivity index (χ0) is 14.6. The molecule has 1 rings (SSSR count). The van der Waals surface area contributed by atoms with Crippen molar-refractivity contribution < 1.29 is 9.18 Å². The summed E-state index contributed by atoms with van der Waals surface area (Å²) in [7, 11) is 0. The first kappa shape index (κ1) is 15.1. The quantitative estimate of drug-likeness (QED) is 0.875. The number of anilines is 1. The third-order valence-corrected chi connectivity index (χ3v) is 3.29. The van der Waals surface area contributed by atoms with Gasteiger partial charge in [-0.05, 0) is 25.0 Å². The Balaban J connectivity index is 2.97.